The first-order valence-corrected chi connectivity index (χ1v) is 12.8. The number of piperidine rings is 2. The van der Waals surface area contributed by atoms with Gasteiger partial charge in [0.15, 0.2) is 0 Å². The fourth-order valence-electron chi connectivity index (χ4n) is 9.23. The van der Waals surface area contributed by atoms with Crippen LogP contribution in [0.1, 0.15) is 59.8 Å². The van der Waals surface area contributed by atoms with Crippen molar-refractivity contribution in [3.8, 4) is 0 Å². The first-order chi connectivity index (χ1) is 15.5. The molecule has 2 amide bonds. The maximum atomic E-state index is 14.1. The van der Waals surface area contributed by atoms with Gasteiger partial charge in [-0.2, -0.15) is 0 Å². The Morgan fingerprint density at radius 3 is 2.79 bits per heavy atom. The summed E-state index contributed by atoms with van der Waals surface area (Å²) in [5.74, 6) is 0.230. The zero-order valence-corrected chi connectivity index (χ0v) is 20.0. The highest BCUT2D eigenvalue weighted by molar-refractivity contribution is 6.06. The molecule has 8 unspecified atom stereocenters. The monoisotopic (exact) mass is 453 g/mol. The van der Waals surface area contributed by atoms with E-state index in [1.165, 1.54) is 0 Å². The van der Waals surface area contributed by atoms with Gasteiger partial charge in [0.2, 0.25) is 5.91 Å². The molecule has 1 saturated carbocycles. The molecule has 5 saturated heterocycles. The molecule has 2 aliphatic carbocycles. The largest absolute Gasteiger partial charge is 0.634 e. The fraction of sp³-hybridized carbons (Fsp3) is 0.769. The Morgan fingerprint density at radius 2 is 2.00 bits per heavy atom. The van der Waals surface area contributed by atoms with Crippen LogP contribution in [0.3, 0.4) is 0 Å². The van der Waals surface area contributed by atoms with Crippen molar-refractivity contribution in [2.45, 2.75) is 94.7 Å². The summed E-state index contributed by atoms with van der Waals surface area (Å²) in [7, 11) is 0. The highest BCUT2D eigenvalue weighted by atomic mass is 16.5. The molecule has 7 heteroatoms. The Labute approximate surface area is 195 Å². The summed E-state index contributed by atoms with van der Waals surface area (Å²) in [5, 5.41) is 17.7. The second-order valence-electron chi connectivity index (χ2n) is 12.9. The third kappa shape index (κ3) is 2.23. The minimum absolute atomic E-state index is 0.0115. The second-order valence-corrected chi connectivity index (χ2v) is 12.9. The minimum atomic E-state index is -0.995. The van der Waals surface area contributed by atoms with Gasteiger partial charge < -0.3 is 25.2 Å². The lowest BCUT2D eigenvalue weighted by Gasteiger charge is -2.64. The SMILES string of the molecule is CC1(C)C=CC2C(CCC3C4=CC56NC(=O)C7(CCCN7C5=O)C[C@H]6C(C)(C)C4[NH+]([O-])C32)O1. The minimum Gasteiger partial charge on any atom is -0.634 e. The van der Waals surface area contributed by atoms with Crippen LogP contribution in [0.4, 0.5) is 0 Å². The highest BCUT2D eigenvalue weighted by Gasteiger charge is 2.75. The molecule has 8 rings (SSSR count). The zero-order valence-electron chi connectivity index (χ0n) is 20.0. The number of quaternary nitrogens is 1. The van der Waals surface area contributed by atoms with Crippen molar-refractivity contribution in [1.82, 2.24) is 10.2 Å². The van der Waals surface area contributed by atoms with E-state index >= 15 is 0 Å². The lowest BCUT2D eigenvalue weighted by molar-refractivity contribution is -0.899. The van der Waals surface area contributed by atoms with Gasteiger partial charge in [0.1, 0.15) is 23.2 Å². The van der Waals surface area contributed by atoms with Crippen molar-refractivity contribution < 1.29 is 19.4 Å². The van der Waals surface area contributed by atoms with E-state index in [1.807, 2.05) is 4.90 Å². The van der Waals surface area contributed by atoms with Crippen molar-refractivity contribution in [3.05, 3.63) is 29.0 Å². The quantitative estimate of drug-likeness (QED) is 0.425. The average molecular weight is 454 g/mol. The number of ether oxygens (including phenoxy) is 1. The molecule has 6 aliphatic heterocycles. The number of carbonyl (C=O) groups is 2. The van der Waals surface area contributed by atoms with E-state index in [4.69, 9.17) is 4.74 Å². The van der Waals surface area contributed by atoms with E-state index < -0.39 is 16.5 Å². The normalized spacial score (nSPS) is 52.3. The fourth-order valence-corrected chi connectivity index (χ4v) is 9.23. The molecule has 9 atom stereocenters. The topological polar surface area (TPSA) is 86.1 Å². The molecule has 0 aromatic heterocycles. The van der Waals surface area contributed by atoms with Crippen LogP contribution < -0.4 is 10.4 Å². The summed E-state index contributed by atoms with van der Waals surface area (Å²) in [6, 6.07) is -0.273. The van der Waals surface area contributed by atoms with Crippen LogP contribution in [0.5, 0.6) is 0 Å². The molecule has 2 N–H and O–H groups in total. The Kier molecular flexibility index (Phi) is 3.70. The van der Waals surface area contributed by atoms with Crippen LogP contribution in [0.2, 0.25) is 0 Å². The lowest BCUT2D eigenvalue weighted by Crippen LogP contribution is -3.16. The number of amides is 2. The van der Waals surface area contributed by atoms with Crippen LogP contribution >= 0.6 is 0 Å². The van der Waals surface area contributed by atoms with Crippen LogP contribution in [0, 0.1) is 28.4 Å². The molecular weight excluding hydrogens is 418 g/mol. The number of nitrogens with zero attached hydrogens (tertiary/aromatic N) is 1. The van der Waals surface area contributed by atoms with E-state index in [0.29, 0.717) is 18.0 Å². The van der Waals surface area contributed by atoms with E-state index in [-0.39, 0.29) is 53.4 Å². The molecule has 2 spiro atoms. The van der Waals surface area contributed by atoms with Gasteiger partial charge in [0, 0.05) is 23.8 Å². The summed E-state index contributed by atoms with van der Waals surface area (Å²) >= 11 is 0. The van der Waals surface area contributed by atoms with E-state index in [2.05, 4.69) is 51.2 Å². The first-order valence-electron chi connectivity index (χ1n) is 12.8. The number of hydroxylamine groups is 2. The summed E-state index contributed by atoms with van der Waals surface area (Å²) in [6.07, 6.45) is 10.6. The van der Waals surface area contributed by atoms with Crippen molar-refractivity contribution in [1.29, 1.82) is 0 Å². The summed E-state index contributed by atoms with van der Waals surface area (Å²) < 4.78 is 6.39. The maximum absolute atomic E-state index is 14.1. The summed E-state index contributed by atoms with van der Waals surface area (Å²) in [6.45, 7) is 9.18. The first kappa shape index (κ1) is 20.7. The van der Waals surface area contributed by atoms with Crippen LogP contribution in [0.25, 0.3) is 0 Å². The van der Waals surface area contributed by atoms with Gasteiger partial charge in [-0.05, 0) is 57.6 Å². The molecule has 178 valence electrons. The Morgan fingerprint density at radius 1 is 1.21 bits per heavy atom. The predicted molar refractivity (Wildman–Crippen MR) is 121 cm³/mol. The number of piperazine rings is 1. The number of hydrogen-bond donors (Lipinski definition) is 2. The van der Waals surface area contributed by atoms with Gasteiger partial charge in [-0.25, -0.2) is 0 Å². The molecular formula is C26H35N3O4. The number of fused-ring (bicyclic) bond motifs is 6. The third-order valence-electron chi connectivity index (χ3n) is 10.5. The Hall–Kier alpha value is -1.70. The number of carbonyl (C=O) groups excluding carboxylic acids is 2. The van der Waals surface area contributed by atoms with Crippen molar-refractivity contribution in [2.24, 2.45) is 23.2 Å². The number of hydrogen-bond acceptors (Lipinski definition) is 4. The Bertz CT molecular complexity index is 1030. The van der Waals surface area contributed by atoms with E-state index in [0.717, 1.165) is 31.3 Å². The van der Waals surface area contributed by atoms with Gasteiger partial charge in [0.05, 0.1) is 17.6 Å². The van der Waals surface area contributed by atoms with Crippen LogP contribution in [-0.4, -0.2) is 58.1 Å². The van der Waals surface area contributed by atoms with Crippen molar-refractivity contribution in [2.75, 3.05) is 6.54 Å². The molecule has 8 aliphatic rings. The predicted octanol–water partition coefficient (Wildman–Crippen LogP) is 1.10. The zero-order chi connectivity index (χ0) is 23.1. The van der Waals surface area contributed by atoms with Gasteiger partial charge >= 0.3 is 0 Å². The summed E-state index contributed by atoms with van der Waals surface area (Å²) in [4.78, 5) is 29.1. The smallest absolute Gasteiger partial charge is 0.253 e. The standard InChI is InChI=1S/C26H35N3O4/c1-23(2)10-8-15-17(33-23)7-6-14-16-12-26-18(24(3,4)20(16)29(32)19(14)15)13-25(21(30)27-26)9-5-11-28(25)22(26)31/h8,10,12,14-15,17-20,29H,5-7,9,11,13H2,1-4H3,(H,27,30)/t14?,15?,17?,18-,19?,20?,25?,26?/m0/s1. The van der Waals surface area contributed by atoms with Crippen LogP contribution in [-0.2, 0) is 14.3 Å². The number of rotatable bonds is 0. The second kappa shape index (κ2) is 5.92. The molecule has 6 heterocycles. The molecule has 0 aromatic rings. The molecule has 2 bridgehead atoms. The maximum Gasteiger partial charge on any atom is 0.253 e. The Balaban J connectivity index is 1.36. The van der Waals surface area contributed by atoms with Crippen LogP contribution in [0.15, 0.2) is 23.8 Å². The van der Waals surface area contributed by atoms with Crippen molar-refractivity contribution >= 4 is 11.8 Å². The molecule has 0 aromatic carbocycles. The van der Waals surface area contributed by atoms with E-state index in [9.17, 15) is 14.8 Å². The van der Waals surface area contributed by atoms with E-state index in [1.54, 1.807) is 0 Å². The summed E-state index contributed by atoms with van der Waals surface area (Å²) in [5.41, 5.74) is -1.28. The van der Waals surface area contributed by atoms with Gasteiger partial charge in [-0.3, -0.25) is 9.59 Å². The van der Waals surface area contributed by atoms with Crippen molar-refractivity contribution in [3.63, 3.8) is 0 Å². The molecule has 33 heavy (non-hydrogen) atoms. The molecule has 6 fully saturated rings. The van der Waals surface area contributed by atoms with Gasteiger partial charge in [-0.1, -0.05) is 26.0 Å². The average Bonchev–Trinajstić information content (AvgIpc) is 3.29. The third-order valence-corrected chi connectivity index (χ3v) is 10.5. The highest BCUT2D eigenvalue weighted by Crippen LogP contribution is 2.60. The lowest BCUT2D eigenvalue weighted by atomic mass is 9.50. The number of nitrogens with one attached hydrogen (secondary N) is 2. The molecule has 7 nitrogen and oxygen atoms in total. The molecule has 0 radical (unpaired) electrons. The van der Waals surface area contributed by atoms with Gasteiger partial charge in [0.25, 0.3) is 5.91 Å². The van der Waals surface area contributed by atoms with Gasteiger partial charge in [-0.15, -0.1) is 0 Å².